The van der Waals surface area contributed by atoms with Gasteiger partial charge in [-0.15, -0.1) is 0 Å². The van der Waals surface area contributed by atoms with Crippen LogP contribution in [0.25, 0.3) is 5.57 Å². The van der Waals surface area contributed by atoms with Gasteiger partial charge in [-0.25, -0.2) is 0 Å². The zero-order valence-electron chi connectivity index (χ0n) is 12.0. The lowest BCUT2D eigenvalue weighted by Gasteiger charge is -2.21. The van der Waals surface area contributed by atoms with Crippen molar-refractivity contribution in [3.63, 3.8) is 0 Å². The van der Waals surface area contributed by atoms with Crippen molar-refractivity contribution in [3.05, 3.63) is 58.7 Å². The standard InChI is InChI=1S/C18H18O2/c1-4-13-5-6-14-8-16-11(2)7-15(19)9-17(16)12(3)18(14)20-10-13/h4-5,7-8H,1,6,9-10H2,2-3H3. The Balaban J connectivity index is 2.15. The van der Waals surface area contributed by atoms with E-state index in [2.05, 4.69) is 25.6 Å². The van der Waals surface area contributed by atoms with Gasteiger partial charge in [0.15, 0.2) is 5.78 Å². The molecule has 0 bridgehead atoms. The van der Waals surface area contributed by atoms with Crippen LogP contribution in [0.1, 0.15) is 29.2 Å². The molecule has 102 valence electrons. The van der Waals surface area contributed by atoms with E-state index in [9.17, 15) is 4.79 Å². The van der Waals surface area contributed by atoms with Crippen molar-refractivity contribution >= 4 is 11.4 Å². The summed E-state index contributed by atoms with van der Waals surface area (Å²) in [6.45, 7) is 8.43. The number of ketones is 1. The molecule has 0 N–H and O–H groups in total. The molecule has 1 aliphatic carbocycles. The topological polar surface area (TPSA) is 26.3 Å². The molecule has 20 heavy (non-hydrogen) atoms. The van der Waals surface area contributed by atoms with E-state index in [1.54, 1.807) is 6.08 Å². The van der Waals surface area contributed by atoms with E-state index >= 15 is 0 Å². The van der Waals surface area contributed by atoms with Gasteiger partial charge in [-0.3, -0.25) is 4.79 Å². The van der Waals surface area contributed by atoms with Gasteiger partial charge in [-0.05, 0) is 65.8 Å². The summed E-state index contributed by atoms with van der Waals surface area (Å²) in [5.74, 6) is 1.12. The summed E-state index contributed by atoms with van der Waals surface area (Å²) in [5.41, 5.74) is 6.79. The minimum Gasteiger partial charge on any atom is -0.488 e. The van der Waals surface area contributed by atoms with Crippen LogP contribution in [0.4, 0.5) is 0 Å². The Morgan fingerprint density at radius 3 is 2.90 bits per heavy atom. The number of carbonyl (C=O) groups is 1. The summed E-state index contributed by atoms with van der Waals surface area (Å²) >= 11 is 0. The second-order valence-corrected chi connectivity index (χ2v) is 5.46. The first-order valence-corrected chi connectivity index (χ1v) is 6.91. The van der Waals surface area contributed by atoms with Gasteiger partial charge in [0.25, 0.3) is 0 Å². The van der Waals surface area contributed by atoms with E-state index in [4.69, 9.17) is 4.74 Å². The fourth-order valence-electron chi connectivity index (χ4n) is 2.98. The molecule has 2 heteroatoms. The van der Waals surface area contributed by atoms with Crippen LogP contribution in [0.5, 0.6) is 5.75 Å². The smallest absolute Gasteiger partial charge is 0.160 e. The molecule has 0 saturated heterocycles. The number of benzene rings is 1. The number of rotatable bonds is 1. The van der Waals surface area contributed by atoms with Crippen molar-refractivity contribution in [2.24, 2.45) is 0 Å². The van der Waals surface area contributed by atoms with Crippen LogP contribution in [0.15, 0.2) is 36.4 Å². The van der Waals surface area contributed by atoms with Crippen LogP contribution in [-0.4, -0.2) is 12.4 Å². The fraction of sp³-hybridized carbons (Fsp3) is 0.278. The lowest BCUT2D eigenvalue weighted by atomic mass is 9.85. The minimum absolute atomic E-state index is 0.177. The van der Waals surface area contributed by atoms with Crippen LogP contribution >= 0.6 is 0 Å². The molecule has 1 aliphatic heterocycles. The summed E-state index contributed by atoms with van der Waals surface area (Å²) in [4.78, 5) is 11.8. The van der Waals surface area contributed by atoms with E-state index in [0.717, 1.165) is 34.4 Å². The quantitative estimate of drug-likeness (QED) is 0.776. The summed E-state index contributed by atoms with van der Waals surface area (Å²) in [6, 6.07) is 2.18. The Morgan fingerprint density at radius 1 is 1.35 bits per heavy atom. The first kappa shape index (κ1) is 12.9. The number of fused-ring (bicyclic) bond motifs is 2. The number of ether oxygens (including phenoxy) is 1. The van der Waals surface area contributed by atoms with Crippen molar-refractivity contribution in [1.29, 1.82) is 0 Å². The molecule has 0 atom stereocenters. The van der Waals surface area contributed by atoms with Gasteiger partial charge in [0.05, 0.1) is 0 Å². The molecule has 2 aliphatic rings. The molecular formula is C18H18O2. The highest BCUT2D eigenvalue weighted by atomic mass is 16.5. The Bertz CT molecular complexity index is 675. The molecule has 0 fully saturated rings. The Labute approximate surface area is 119 Å². The summed E-state index contributed by atoms with van der Waals surface area (Å²) < 4.78 is 5.95. The van der Waals surface area contributed by atoms with E-state index in [-0.39, 0.29) is 5.78 Å². The Morgan fingerprint density at radius 2 is 2.15 bits per heavy atom. The summed E-state index contributed by atoms with van der Waals surface area (Å²) in [7, 11) is 0. The molecule has 0 unspecified atom stereocenters. The highest BCUT2D eigenvalue weighted by molar-refractivity contribution is 6.02. The van der Waals surface area contributed by atoms with Crippen molar-refractivity contribution in [1.82, 2.24) is 0 Å². The van der Waals surface area contributed by atoms with Gasteiger partial charge in [0.2, 0.25) is 0 Å². The maximum atomic E-state index is 11.8. The normalized spacial score (nSPS) is 17.2. The monoisotopic (exact) mass is 266 g/mol. The summed E-state index contributed by atoms with van der Waals surface area (Å²) in [6.07, 6.45) is 7.09. The van der Waals surface area contributed by atoms with Gasteiger partial charge in [-0.1, -0.05) is 18.7 Å². The molecule has 1 aromatic carbocycles. The molecule has 0 spiro atoms. The van der Waals surface area contributed by atoms with Crippen LogP contribution in [0.2, 0.25) is 0 Å². The van der Waals surface area contributed by atoms with Crippen molar-refractivity contribution in [3.8, 4) is 5.75 Å². The van der Waals surface area contributed by atoms with Gasteiger partial charge < -0.3 is 4.74 Å². The highest BCUT2D eigenvalue weighted by Crippen LogP contribution is 2.37. The molecule has 0 saturated carbocycles. The molecule has 0 amide bonds. The third kappa shape index (κ3) is 2.01. The minimum atomic E-state index is 0.177. The first-order valence-electron chi connectivity index (χ1n) is 6.91. The van der Waals surface area contributed by atoms with E-state index in [1.165, 1.54) is 11.1 Å². The Kier molecular flexibility index (Phi) is 3.09. The number of carbonyl (C=O) groups excluding carboxylic acids is 1. The molecule has 3 rings (SSSR count). The number of hydrogen-bond acceptors (Lipinski definition) is 2. The Hall–Kier alpha value is -2.09. The average molecular weight is 266 g/mol. The van der Waals surface area contributed by atoms with E-state index < -0.39 is 0 Å². The number of hydrogen-bond donors (Lipinski definition) is 0. The van der Waals surface area contributed by atoms with Crippen molar-refractivity contribution in [2.45, 2.75) is 26.7 Å². The van der Waals surface area contributed by atoms with Crippen LogP contribution in [0, 0.1) is 6.92 Å². The molecule has 1 aromatic rings. The molecule has 2 nitrogen and oxygen atoms in total. The van der Waals surface area contributed by atoms with Crippen LogP contribution < -0.4 is 4.74 Å². The lowest BCUT2D eigenvalue weighted by molar-refractivity contribution is -0.114. The van der Waals surface area contributed by atoms with Crippen LogP contribution in [0.3, 0.4) is 0 Å². The number of allylic oxidation sites excluding steroid dienone is 3. The summed E-state index contributed by atoms with van der Waals surface area (Å²) in [5, 5.41) is 0. The molecule has 0 radical (unpaired) electrons. The van der Waals surface area contributed by atoms with Crippen molar-refractivity contribution < 1.29 is 9.53 Å². The van der Waals surface area contributed by atoms with Crippen molar-refractivity contribution in [2.75, 3.05) is 6.61 Å². The van der Waals surface area contributed by atoms with Gasteiger partial charge in [0, 0.05) is 6.42 Å². The molecular weight excluding hydrogens is 248 g/mol. The SMILES string of the molecule is C=CC1=CCc2cc3c(c(C)c2OC1)CC(=O)C=C3C. The van der Waals surface area contributed by atoms with E-state index in [0.29, 0.717) is 13.0 Å². The maximum absolute atomic E-state index is 11.8. The van der Waals surface area contributed by atoms with Gasteiger partial charge in [0.1, 0.15) is 12.4 Å². The molecule has 1 heterocycles. The zero-order valence-corrected chi connectivity index (χ0v) is 12.0. The highest BCUT2D eigenvalue weighted by Gasteiger charge is 2.22. The third-order valence-electron chi connectivity index (χ3n) is 4.11. The average Bonchev–Trinajstić information content (AvgIpc) is 2.63. The third-order valence-corrected chi connectivity index (χ3v) is 4.11. The van der Waals surface area contributed by atoms with Gasteiger partial charge in [-0.2, -0.15) is 0 Å². The second kappa shape index (κ2) is 4.78. The maximum Gasteiger partial charge on any atom is 0.160 e. The van der Waals surface area contributed by atoms with Gasteiger partial charge >= 0.3 is 0 Å². The molecule has 0 aromatic heterocycles. The second-order valence-electron chi connectivity index (χ2n) is 5.46. The van der Waals surface area contributed by atoms with Crippen LogP contribution in [-0.2, 0) is 17.6 Å². The predicted molar refractivity (Wildman–Crippen MR) is 81.0 cm³/mol. The largest absolute Gasteiger partial charge is 0.488 e. The first-order chi connectivity index (χ1) is 9.60. The fourth-order valence-corrected chi connectivity index (χ4v) is 2.98. The predicted octanol–water partition coefficient (Wildman–Crippen LogP) is 3.57. The zero-order chi connectivity index (χ0) is 14.3. The van der Waals surface area contributed by atoms with E-state index in [1.807, 2.05) is 13.0 Å². The lowest BCUT2D eigenvalue weighted by Crippen LogP contribution is -2.12.